The molecule has 2 fully saturated rings. The lowest BCUT2D eigenvalue weighted by Crippen LogP contribution is -2.47. The van der Waals surface area contributed by atoms with E-state index in [-0.39, 0.29) is 16.3 Å². The second kappa shape index (κ2) is 6.35. The van der Waals surface area contributed by atoms with Gasteiger partial charge in [-0.2, -0.15) is 0 Å². The summed E-state index contributed by atoms with van der Waals surface area (Å²) in [6.07, 6.45) is 5.16. The molecule has 0 aromatic heterocycles. The highest BCUT2D eigenvalue weighted by atomic mass is 32.2. The first-order valence-electron chi connectivity index (χ1n) is 8.66. The van der Waals surface area contributed by atoms with Crippen molar-refractivity contribution in [2.24, 2.45) is 16.7 Å². The van der Waals surface area contributed by atoms with Gasteiger partial charge in [-0.25, -0.2) is 0 Å². The van der Waals surface area contributed by atoms with Crippen LogP contribution in [0.1, 0.15) is 47.5 Å². The first-order chi connectivity index (χ1) is 10.2. The molecule has 2 bridgehead atoms. The van der Waals surface area contributed by atoms with Gasteiger partial charge in [-0.15, -0.1) is 0 Å². The van der Waals surface area contributed by atoms with E-state index in [0.29, 0.717) is 34.3 Å². The average Bonchev–Trinajstić information content (AvgIpc) is 2.78. The molecule has 128 valence electrons. The Morgan fingerprint density at radius 3 is 2.36 bits per heavy atom. The van der Waals surface area contributed by atoms with Crippen molar-refractivity contribution >= 4 is 16.8 Å². The van der Waals surface area contributed by atoms with E-state index >= 15 is 0 Å². The molecule has 2 aliphatic rings. The second-order valence-electron chi connectivity index (χ2n) is 7.81. The Morgan fingerprint density at radius 2 is 1.86 bits per heavy atom. The molecule has 0 N–H and O–H groups in total. The van der Waals surface area contributed by atoms with E-state index in [4.69, 9.17) is 4.74 Å². The molecule has 0 saturated heterocycles. The van der Waals surface area contributed by atoms with Crippen LogP contribution in [0.2, 0.25) is 0 Å². The summed E-state index contributed by atoms with van der Waals surface area (Å²) >= 11 is 0. The Bertz CT molecular complexity index is 421. The highest BCUT2D eigenvalue weighted by molar-refractivity contribution is 7.97. The molecule has 0 aromatic carbocycles. The molecule has 2 saturated carbocycles. The van der Waals surface area contributed by atoms with Crippen molar-refractivity contribution in [3.8, 4) is 0 Å². The van der Waals surface area contributed by atoms with Gasteiger partial charge in [0.15, 0.2) is 5.75 Å². The predicted molar refractivity (Wildman–Crippen MR) is 95.3 cm³/mol. The zero-order valence-corrected chi connectivity index (χ0v) is 16.3. The molecule has 4 heteroatoms. The number of methoxy groups -OCH3 is 1. The van der Waals surface area contributed by atoms with Crippen molar-refractivity contribution in [2.75, 3.05) is 32.2 Å². The summed E-state index contributed by atoms with van der Waals surface area (Å²) < 4.78 is 5.99. The quantitative estimate of drug-likeness (QED) is 0.702. The van der Waals surface area contributed by atoms with Crippen LogP contribution in [-0.4, -0.2) is 54.4 Å². The van der Waals surface area contributed by atoms with Crippen molar-refractivity contribution in [1.82, 2.24) is 4.90 Å². The van der Waals surface area contributed by atoms with Crippen molar-refractivity contribution in [3.63, 3.8) is 0 Å². The molecule has 0 radical (unpaired) electrons. The van der Waals surface area contributed by atoms with Crippen molar-refractivity contribution in [1.29, 1.82) is 0 Å². The number of carbonyl (C=O) groups is 1. The first-order valence-corrected chi connectivity index (χ1v) is 10.5. The van der Waals surface area contributed by atoms with E-state index in [9.17, 15) is 4.79 Å². The molecule has 3 nitrogen and oxygen atoms in total. The van der Waals surface area contributed by atoms with E-state index in [1.807, 2.05) is 12.0 Å². The number of fused-ring (bicyclic) bond motifs is 2. The highest BCUT2D eigenvalue weighted by Gasteiger charge is 2.70. The predicted octanol–water partition coefficient (Wildman–Crippen LogP) is 2.94. The van der Waals surface area contributed by atoms with Crippen LogP contribution in [0, 0.1) is 16.7 Å². The third-order valence-electron chi connectivity index (χ3n) is 6.88. The Kier molecular flexibility index (Phi) is 5.23. The molecule has 22 heavy (non-hydrogen) atoms. The number of rotatable bonds is 6. The van der Waals surface area contributed by atoms with Gasteiger partial charge in [0, 0.05) is 31.5 Å². The fourth-order valence-electron chi connectivity index (χ4n) is 5.06. The van der Waals surface area contributed by atoms with Crippen LogP contribution in [0.15, 0.2) is 0 Å². The third kappa shape index (κ3) is 2.50. The summed E-state index contributed by atoms with van der Waals surface area (Å²) in [4.78, 5) is 14.5. The molecule has 1 amide bonds. The van der Waals surface area contributed by atoms with Crippen molar-refractivity contribution in [3.05, 3.63) is 0 Å². The number of amides is 1. The van der Waals surface area contributed by atoms with E-state index in [2.05, 4.69) is 40.9 Å². The van der Waals surface area contributed by atoms with E-state index in [0.717, 1.165) is 13.1 Å². The first kappa shape index (κ1) is 18.1. The minimum absolute atomic E-state index is 0.0826. The zero-order chi connectivity index (χ0) is 16.7. The Morgan fingerprint density at radius 1 is 1.27 bits per heavy atom. The van der Waals surface area contributed by atoms with E-state index < -0.39 is 0 Å². The minimum atomic E-state index is 0.0826. The monoisotopic (exact) mass is 328 g/mol. The summed E-state index contributed by atoms with van der Waals surface area (Å²) in [5, 5.41) is 0.540. The fraction of sp³-hybridized carbons (Fsp3) is 0.944. The van der Waals surface area contributed by atoms with Crippen LogP contribution in [-0.2, 0) is 20.4 Å². The van der Waals surface area contributed by atoms with Crippen molar-refractivity contribution < 1.29 is 9.53 Å². The Balaban J connectivity index is 2.16. The molecular formula is C18H34NO2S+. The maximum atomic E-state index is 12.5. The molecule has 0 aromatic rings. The van der Waals surface area contributed by atoms with Crippen LogP contribution >= 0.6 is 0 Å². The fourth-order valence-corrected chi connectivity index (χ4v) is 7.70. The van der Waals surface area contributed by atoms with Gasteiger partial charge in [0.05, 0.1) is 6.26 Å². The van der Waals surface area contributed by atoms with Crippen LogP contribution in [0.5, 0.6) is 0 Å². The van der Waals surface area contributed by atoms with E-state index in [1.54, 1.807) is 0 Å². The van der Waals surface area contributed by atoms with E-state index in [1.165, 1.54) is 12.8 Å². The Hall–Kier alpha value is -0.220. The molecule has 0 aliphatic heterocycles. The molecule has 1 unspecified atom stereocenters. The number of nitrogens with zero attached hydrogens (tertiary/aromatic N) is 1. The molecule has 2 aliphatic carbocycles. The summed E-state index contributed by atoms with van der Waals surface area (Å²) in [5.41, 5.74) is 0.578. The topological polar surface area (TPSA) is 29.5 Å². The van der Waals surface area contributed by atoms with Gasteiger partial charge >= 0.3 is 0 Å². The normalized spacial score (nSPS) is 37.3. The van der Waals surface area contributed by atoms with Crippen LogP contribution in [0.25, 0.3) is 0 Å². The summed E-state index contributed by atoms with van der Waals surface area (Å²) in [7, 11) is 1.95. The average molecular weight is 329 g/mol. The Labute approximate surface area is 139 Å². The molecular weight excluding hydrogens is 294 g/mol. The maximum Gasteiger partial charge on any atom is 0.272 e. The van der Waals surface area contributed by atoms with Gasteiger partial charge in [-0.1, -0.05) is 20.8 Å². The minimum Gasteiger partial charge on any atom is -0.376 e. The highest BCUT2D eigenvalue weighted by Crippen LogP contribution is 2.67. The number of hydrogen-bond donors (Lipinski definition) is 0. The van der Waals surface area contributed by atoms with Gasteiger partial charge in [0.2, 0.25) is 0 Å². The lowest BCUT2D eigenvalue weighted by Gasteiger charge is -2.38. The third-order valence-corrected chi connectivity index (χ3v) is 9.09. The molecule has 0 heterocycles. The maximum absolute atomic E-state index is 12.5. The van der Waals surface area contributed by atoms with Crippen molar-refractivity contribution in [2.45, 2.75) is 58.8 Å². The summed E-state index contributed by atoms with van der Waals surface area (Å²) in [5.74, 6) is 1.70. The SMILES string of the molecule is CCN(CC)C(=O)C[S+](C)[C@@H]1[C@H]2CC[C@@](C)([C@@H]1OC)C2(C)C. The lowest BCUT2D eigenvalue weighted by molar-refractivity contribution is -0.128. The van der Waals surface area contributed by atoms with Gasteiger partial charge in [0.25, 0.3) is 5.91 Å². The van der Waals surface area contributed by atoms with Crippen LogP contribution < -0.4 is 0 Å². The second-order valence-corrected chi connectivity index (χ2v) is 10.0. The zero-order valence-electron chi connectivity index (χ0n) is 15.4. The van der Waals surface area contributed by atoms with Gasteiger partial charge in [-0.3, -0.25) is 4.79 Å². The smallest absolute Gasteiger partial charge is 0.272 e. The standard InChI is InChI=1S/C18H34NO2S/c1-8-19(9-2)14(20)12-22(7)15-13-10-11-18(5,16(15)21-6)17(13,3)4/h13,15-16H,8-12H2,1-7H3/q+1/t13-,15-,16-,18+,22?/m1/s1. The van der Waals surface area contributed by atoms with Gasteiger partial charge in [0.1, 0.15) is 11.4 Å². The molecule has 0 spiro atoms. The largest absolute Gasteiger partial charge is 0.376 e. The van der Waals surface area contributed by atoms with Gasteiger partial charge < -0.3 is 9.64 Å². The number of carbonyl (C=O) groups excluding carboxylic acids is 1. The molecule has 5 atom stereocenters. The van der Waals surface area contributed by atoms with Gasteiger partial charge in [-0.05, 0) is 43.0 Å². The number of ether oxygens (including phenoxy) is 1. The number of hydrogen-bond acceptors (Lipinski definition) is 2. The summed E-state index contributed by atoms with van der Waals surface area (Å²) in [6.45, 7) is 13.0. The lowest BCUT2D eigenvalue weighted by atomic mass is 9.70. The molecule has 2 rings (SSSR count). The van der Waals surface area contributed by atoms with Crippen LogP contribution in [0.4, 0.5) is 0 Å². The van der Waals surface area contributed by atoms with Crippen LogP contribution in [0.3, 0.4) is 0 Å². The summed E-state index contributed by atoms with van der Waals surface area (Å²) in [6, 6.07) is 0.